The van der Waals surface area contributed by atoms with Gasteiger partial charge in [0.2, 0.25) is 0 Å². The molecule has 0 amide bonds. The van der Waals surface area contributed by atoms with Crippen molar-refractivity contribution in [3.63, 3.8) is 0 Å². The zero-order valence-electron chi connectivity index (χ0n) is 18.3. The van der Waals surface area contributed by atoms with Crippen LogP contribution in [-0.2, 0) is 19.1 Å². The van der Waals surface area contributed by atoms with E-state index < -0.39 is 0 Å². The summed E-state index contributed by atoms with van der Waals surface area (Å²) in [6, 6.07) is 0. The Balaban J connectivity index is 3.91. The first-order chi connectivity index (χ1) is 12.4. The fraction of sp³-hybridized carbons (Fsp3) is 0.714. The summed E-state index contributed by atoms with van der Waals surface area (Å²) in [6.45, 7) is 15.0. The molecule has 0 atom stereocenters. The number of carbonyl (C=O) groups excluding carboxylic acids is 2. The van der Waals surface area contributed by atoms with E-state index in [9.17, 15) is 9.59 Å². The van der Waals surface area contributed by atoms with Gasteiger partial charge in [0, 0.05) is 11.1 Å². The van der Waals surface area contributed by atoms with Crippen LogP contribution in [0.15, 0.2) is 24.3 Å². The molecular weight excluding hydrogens is 344 g/mol. The zero-order valence-corrected chi connectivity index (χ0v) is 18.3. The Bertz CT molecular complexity index is 478. The first-order valence-electron chi connectivity index (χ1n) is 9.65. The minimum Gasteiger partial charge on any atom is -0.456 e. The number of quaternary nitrogens is 2. The molecule has 0 aromatic carbocycles. The minimum atomic E-state index is -0.316. The van der Waals surface area contributed by atoms with E-state index in [-0.39, 0.29) is 11.9 Å². The molecule has 0 spiro atoms. The minimum absolute atomic E-state index is 0.316. The number of likely N-dealkylation sites (N-methyl/N-ethyl adjacent to an activating group) is 2. The van der Waals surface area contributed by atoms with Crippen molar-refractivity contribution in [2.75, 3.05) is 67.6 Å². The molecule has 0 heterocycles. The summed E-state index contributed by atoms with van der Waals surface area (Å²) in [4.78, 5) is 22.8. The molecule has 0 aromatic heterocycles. The standard InChI is InChI=1S/C21H40N2O4/c1-18(2)20(24)26-16-14-22(5,6)12-10-9-11-13-23(7,8)15-17-27-21(25)19(3)4/h1,3,9-17H2,2,4-8H3/q+2. The molecule has 6 nitrogen and oxygen atoms in total. The second kappa shape index (κ2) is 11.9. The molecule has 0 aromatic rings. The second-order valence-electron chi connectivity index (χ2n) is 8.66. The van der Waals surface area contributed by atoms with Gasteiger partial charge in [-0.15, -0.1) is 0 Å². The first-order valence-corrected chi connectivity index (χ1v) is 9.65. The summed E-state index contributed by atoms with van der Waals surface area (Å²) in [5.74, 6) is -0.632. The van der Waals surface area contributed by atoms with E-state index in [0.717, 1.165) is 54.4 Å². The van der Waals surface area contributed by atoms with Crippen molar-refractivity contribution in [2.45, 2.75) is 33.1 Å². The Labute approximate surface area is 165 Å². The third-order valence-electron chi connectivity index (χ3n) is 4.58. The molecule has 6 heteroatoms. The molecule has 0 N–H and O–H groups in total. The normalized spacial score (nSPS) is 11.8. The van der Waals surface area contributed by atoms with Crippen LogP contribution in [0.25, 0.3) is 0 Å². The molecule has 0 aliphatic heterocycles. The molecule has 27 heavy (non-hydrogen) atoms. The van der Waals surface area contributed by atoms with Crippen LogP contribution in [0.3, 0.4) is 0 Å². The zero-order chi connectivity index (χ0) is 21.1. The molecule has 0 rings (SSSR count). The van der Waals surface area contributed by atoms with Gasteiger partial charge in [0.05, 0.1) is 41.3 Å². The second-order valence-corrected chi connectivity index (χ2v) is 8.66. The van der Waals surface area contributed by atoms with Crippen molar-refractivity contribution in [2.24, 2.45) is 0 Å². The van der Waals surface area contributed by atoms with Gasteiger partial charge in [0.15, 0.2) is 0 Å². The van der Waals surface area contributed by atoms with Crippen LogP contribution in [0.2, 0.25) is 0 Å². The summed E-state index contributed by atoms with van der Waals surface area (Å²) >= 11 is 0. The smallest absolute Gasteiger partial charge is 0.333 e. The van der Waals surface area contributed by atoms with Crippen molar-refractivity contribution in [3.8, 4) is 0 Å². The van der Waals surface area contributed by atoms with Crippen LogP contribution in [0.4, 0.5) is 0 Å². The van der Waals surface area contributed by atoms with Crippen molar-refractivity contribution in [1.29, 1.82) is 0 Å². The lowest BCUT2D eigenvalue weighted by Crippen LogP contribution is -2.44. The lowest BCUT2D eigenvalue weighted by atomic mass is 10.2. The molecule has 0 unspecified atom stereocenters. The number of esters is 2. The van der Waals surface area contributed by atoms with Crippen LogP contribution in [0, 0.1) is 0 Å². The molecule has 0 bridgehead atoms. The summed E-state index contributed by atoms with van der Waals surface area (Å²) in [5, 5.41) is 0. The average molecular weight is 385 g/mol. The van der Waals surface area contributed by atoms with Gasteiger partial charge in [0.1, 0.15) is 26.3 Å². The van der Waals surface area contributed by atoms with E-state index in [4.69, 9.17) is 9.47 Å². The van der Waals surface area contributed by atoms with Gasteiger partial charge in [0.25, 0.3) is 0 Å². The number of rotatable bonds is 14. The lowest BCUT2D eigenvalue weighted by Gasteiger charge is -2.31. The fourth-order valence-electron chi connectivity index (χ4n) is 2.50. The first kappa shape index (κ1) is 25.3. The number of nitrogens with zero attached hydrogens (tertiary/aromatic N) is 2. The molecule has 0 saturated heterocycles. The number of unbranched alkanes of at least 4 members (excludes halogenated alkanes) is 2. The van der Waals surface area contributed by atoms with Gasteiger partial charge in [-0.1, -0.05) is 13.2 Å². The van der Waals surface area contributed by atoms with Crippen LogP contribution in [-0.4, -0.2) is 88.5 Å². The van der Waals surface area contributed by atoms with E-state index in [1.807, 2.05) is 0 Å². The molecule has 0 saturated carbocycles. The van der Waals surface area contributed by atoms with E-state index in [1.54, 1.807) is 13.8 Å². The van der Waals surface area contributed by atoms with E-state index in [0.29, 0.717) is 24.4 Å². The van der Waals surface area contributed by atoms with Crippen molar-refractivity contribution in [1.82, 2.24) is 0 Å². The summed E-state index contributed by atoms with van der Waals surface area (Å²) in [7, 11) is 8.63. The van der Waals surface area contributed by atoms with Crippen LogP contribution in [0.1, 0.15) is 33.1 Å². The fourth-order valence-corrected chi connectivity index (χ4v) is 2.50. The largest absolute Gasteiger partial charge is 0.456 e. The molecule has 0 radical (unpaired) electrons. The van der Waals surface area contributed by atoms with Gasteiger partial charge < -0.3 is 18.4 Å². The highest BCUT2D eigenvalue weighted by molar-refractivity contribution is 5.87. The van der Waals surface area contributed by atoms with Gasteiger partial charge in [-0.05, 0) is 33.1 Å². The molecule has 0 aliphatic carbocycles. The van der Waals surface area contributed by atoms with Crippen molar-refractivity contribution < 1.29 is 28.0 Å². The Kier molecular flexibility index (Phi) is 11.2. The highest BCUT2D eigenvalue weighted by atomic mass is 16.5. The number of ether oxygens (including phenoxy) is 2. The highest BCUT2D eigenvalue weighted by Crippen LogP contribution is 2.08. The highest BCUT2D eigenvalue weighted by Gasteiger charge is 2.18. The van der Waals surface area contributed by atoms with Crippen LogP contribution >= 0.6 is 0 Å². The maximum atomic E-state index is 11.4. The molecular formula is C21H40N2O4+2. The summed E-state index contributed by atoms with van der Waals surface area (Å²) in [6.07, 6.45) is 3.42. The number of carbonyl (C=O) groups is 2. The Morgan fingerprint density at radius 1 is 0.667 bits per heavy atom. The van der Waals surface area contributed by atoms with E-state index in [1.165, 1.54) is 0 Å². The van der Waals surface area contributed by atoms with Gasteiger partial charge >= 0.3 is 11.9 Å². The predicted octanol–water partition coefficient (Wildman–Crippen LogP) is 2.55. The average Bonchev–Trinajstić information content (AvgIpc) is 2.53. The van der Waals surface area contributed by atoms with Crippen molar-refractivity contribution in [3.05, 3.63) is 24.3 Å². The third kappa shape index (κ3) is 13.2. The topological polar surface area (TPSA) is 52.6 Å². The van der Waals surface area contributed by atoms with E-state index >= 15 is 0 Å². The Morgan fingerprint density at radius 3 is 1.30 bits per heavy atom. The van der Waals surface area contributed by atoms with Crippen molar-refractivity contribution >= 4 is 11.9 Å². The number of hydrogen-bond acceptors (Lipinski definition) is 4. The van der Waals surface area contributed by atoms with Gasteiger partial charge in [-0.25, -0.2) is 9.59 Å². The predicted molar refractivity (Wildman–Crippen MR) is 109 cm³/mol. The van der Waals surface area contributed by atoms with E-state index in [2.05, 4.69) is 41.3 Å². The van der Waals surface area contributed by atoms with Crippen LogP contribution < -0.4 is 0 Å². The summed E-state index contributed by atoms with van der Waals surface area (Å²) < 4.78 is 12.0. The van der Waals surface area contributed by atoms with Gasteiger partial charge in [-0.3, -0.25) is 0 Å². The third-order valence-corrected chi connectivity index (χ3v) is 4.58. The maximum absolute atomic E-state index is 11.4. The maximum Gasteiger partial charge on any atom is 0.333 e. The number of hydrogen-bond donors (Lipinski definition) is 0. The lowest BCUT2D eigenvalue weighted by molar-refractivity contribution is -0.892. The quantitative estimate of drug-likeness (QED) is 0.200. The molecule has 156 valence electrons. The summed E-state index contributed by atoms with van der Waals surface area (Å²) in [5.41, 5.74) is 0.880. The Hall–Kier alpha value is -1.66. The molecule has 0 fully saturated rings. The SMILES string of the molecule is C=C(C)C(=O)OCC[N+](C)(C)CCCCC[N+](C)(C)CCOC(=O)C(=C)C. The monoisotopic (exact) mass is 384 g/mol. The Morgan fingerprint density at radius 2 is 1.00 bits per heavy atom. The van der Waals surface area contributed by atoms with Crippen LogP contribution in [0.5, 0.6) is 0 Å². The van der Waals surface area contributed by atoms with Gasteiger partial charge in [-0.2, -0.15) is 0 Å². The molecule has 0 aliphatic rings.